The molecule has 0 spiro atoms. The van der Waals surface area contributed by atoms with E-state index in [1.54, 1.807) is 0 Å². The molecule has 0 amide bonds. The predicted octanol–water partition coefficient (Wildman–Crippen LogP) is 4.04. The van der Waals surface area contributed by atoms with Crippen LogP contribution in [0.4, 0.5) is 0 Å². The first-order chi connectivity index (χ1) is 8.65. The maximum atomic E-state index is 5.51. The van der Waals surface area contributed by atoms with Gasteiger partial charge < -0.3 is 10.6 Å². The number of hydrogen-bond donors (Lipinski definition) is 1. The van der Waals surface area contributed by atoms with E-state index in [9.17, 15) is 0 Å². The van der Waals surface area contributed by atoms with Crippen molar-refractivity contribution in [2.24, 2.45) is 11.7 Å². The van der Waals surface area contributed by atoms with Crippen LogP contribution < -0.4 is 5.73 Å². The van der Waals surface area contributed by atoms with Gasteiger partial charge in [-0.2, -0.15) is 0 Å². The van der Waals surface area contributed by atoms with E-state index in [4.69, 9.17) is 5.73 Å². The Morgan fingerprint density at radius 1 is 0.889 bits per heavy atom. The third-order valence-corrected chi connectivity index (χ3v) is 3.71. The van der Waals surface area contributed by atoms with E-state index in [2.05, 4.69) is 32.6 Å². The van der Waals surface area contributed by atoms with Crippen molar-refractivity contribution in [2.75, 3.05) is 19.6 Å². The first-order valence-corrected chi connectivity index (χ1v) is 8.09. The maximum absolute atomic E-state index is 5.51. The number of unbranched alkanes of at least 4 members (excludes halogenated alkanes) is 4. The molecule has 2 N–H and O–H groups in total. The molecule has 0 aliphatic heterocycles. The highest BCUT2D eigenvalue weighted by Gasteiger charge is 2.15. The molecule has 0 saturated carbocycles. The Morgan fingerprint density at radius 2 is 1.44 bits per heavy atom. The predicted molar refractivity (Wildman–Crippen MR) is 82.9 cm³/mol. The summed E-state index contributed by atoms with van der Waals surface area (Å²) in [6.07, 6.45) is 9.17. The van der Waals surface area contributed by atoms with Gasteiger partial charge in [-0.05, 0) is 44.7 Å². The fourth-order valence-electron chi connectivity index (χ4n) is 2.69. The van der Waals surface area contributed by atoms with E-state index in [-0.39, 0.29) is 0 Å². The molecule has 0 heterocycles. The third kappa shape index (κ3) is 8.93. The largest absolute Gasteiger partial charge is 0.330 e. The average Bonchev–Trinajstić information content (AvgIpc) is 2.34. The lowest BCUT2D eigenvalue weighted by atomic mass is 10.1. The second-order valence-electron chi connectivity index (χ2n) is 5.92. The van der Waals surface area contributed by atoms with Crippen LogP contribution >= 0.6 is 0 Å². The molecular formula is C16H36N2. The van der Waals surface area contributed by atoms with Crippen molar-refractivity contribution in [3.05, 3.63) is 0 Å². The van der Waals surface area contributed by atoms with Gasteiger partial charge in [0.05, 0.1) is 0 Å². The lowest BCUT2D eigenvalue weighted by Crippen LogP contribution is -2.38. The van der Waals surface area contributed by atoms with Crippen molar-refractivity contribution in [2.45, 2.75) is 78.7 Å². The molecule has 2 heteroatoms. The van der Waals surface area contributed by atoms with Gasteiger partial charge in [0.25, 0.3) is 0 Å². The van der Waals surface area contributed by atoms with Crippen LogP contribution in [0.2, 0.25) is 0 Å². The Morgan fingerprint density at radius 3 is 1.94 bits per heavy atom. The number of nitrogens with two attached hydrogens (primary N) is 1. The molecule has 0 rings (SSSR count). The SMILES string of the molecule is CCC(CC)N(CCCCCCCN)CC(C)C. The molecule has 0 radical (unpaired) electrons. The normalized spacial score (nSPS) is 12.0. The molecule has 0 unspecified atom stereocenters. The number of nitrogens with zero attached hydrogens (tertiary/aromatic N) is 1. The topological polar surface area (TPSA) is 29.3 Å². The van der Waals surface area contributed by atoms with Crippen molar-refractivity contribution < 1.29 is 0 Å². The van der Waals surface area contributed by atoms with Crippen molar-refractivity contribution in [1.29, 1.82) is 0 Å². The number of hydrogen-bond acceptors (Lipinski definition) is 2. The summed E-state index contributed by atoms with van der Waals surface area (Å²) in [6.45, 7) is 12.7. The third-order valence-electron chi connectivity index (χ3n) is 3.71. The zero-order valence-electron chi connectivity index (χ0n) is 13.3. The fraction of sp³-hybridized carbons (Fsp3) is 1.00. The Balaban J connectivity index is 3.86. The molecule has 2 nitrogen and oxygen atoms in total. The van der Waals surface area contributed by atoms with E-state index < -0.39 is 0 Å². The van der Waals surface area contributed by atoms with Gasteiger partial charge in [-0.1, -0.05) is 47.0 Å². The lowest BCUT2D eigenvalue weighted by Gasteiger charge is -2.32. The van der Waals surface area contributed by atoms with Gasteiger partial charge in [-0.25, -0.2) is 0 Å². The fourth-order valence-corrected chi connectivity index (χ4v) is 2.69. The summed E-state index contributed by atoms with van der Waals surface area (Å²) in [5, 5.41) is 0. The van der Waals surface area contributed by atoms with Gasteiger partial charge >= 0.3 is 0 Å². The van der Waals surface area contributed by atoms with Gasteiger partial charge in [0.2, 0.25) is 0 Å². The van der Waals surface area contributed by atoms with Crippen molar-refractivity contribution in [1.82, 2.24) is 4.90 Å². The van der Waals surface area contributed by atoms with Crippen LogP contribution in [0.5, 0.6) is 0 Å². The van der Waals surface area contributed by atoms with Crippen LogP contribution in [0.15, 0.2) is 0 Å². The van der Waals surface area contributed by atoms with Crippen LogP contribution in [-0.4, -0.2) is 30.6 Å². The minimum Gasteiger partial charge on any atom is -0.330 e. The molecule has 0 fully saturated rings. The molecular weight excluding hydrogens is 220 g/mol. The van der Waals surface area contributed by atoms with E-state index in [0.29, 0.717) is 0 Å². The Labute approximate surface area is 115 Å². The van der Waals surface area contributed by atoms with E-state index in [1.165, 1.54) is 58.0 Å². The summed E-state index contributed by atoms with van der Waals surface area (Å²) < 4.78 is 0. The Kier molecular flexibility index (Phi) is 11.9. The molecule has 0 aliphatic carbocycles. The molecule has 0 atom stereocenters. The first kappa shape index (κ1) is 17.9. The monoisotopic (exact) mass is 256 g/mol. The maximum Gasteiger partial charge on any atom is 0.00901 e. The zero-order chi connectivity index (χ0) is 13.8. The van der Waals surface area contributed by atoms with Gasteiger partial charge in [0.15, 0.2) is 0 Å². The van der Waals surface area contributed by atoms with E-state index in [0.717, 1.165) is 18.5 Å². The van der Waals surface area contributed by atoms with E-state index >= 15 is 0 Å². The van der Waals surface area contributed by atoms with E-state index in [1.807, 2.05) is 0 Å². The average molecular weight is 256 g/mol. The summed E-state index contributed by atoms with van der Waals surface area (Å²) in [4.78, 5) is 2.72. The Bertz CT molecular complexity index is 164. The molecule has 0 bridgehead atoms. The van der Waals surface area contributed by atoms with Crippen LogP contribution in [0.1, 0.15) is 72.6 Å². The minimum absolute atomic E-state index is 0.780. The molecule has 0 aromatic rings. The highest BCUT2D eigenvalue weighted by atomic mass is 15.1. The second-order valence-corrected chi connectivity index (χ2v) is 5.92. The standard InChI is InChI=1S/C16H36N2/c1-5-16(6-2)18(14-15(3)4)13-11-9-7-8-10-12-17/h15-16H,5-14,17H2,1-4H3. The minimum atomic E-state index is 0.780. The summed E-state index contributed by atoms with van der Waals surface area (Å²) in [5.41, 5.74) is 5.51. The smallest absolute Gasteiger partial charge is 0.00901 e. The molecule has 110 valence electrons. The molecule has 18 heavy (non-hydrogen) atoms. The van der Waals surface area contributed by atoms with Crippen LogP contribution in [0.25, 0.3) is 0 Å². The van der Waals surface area contributed by atoms with Crippen molar-refractivity contribution in [3.63, 3.8) is 0 Å². The van der Waals surface area contributed by atoms with Crippen LogP contribution in [0, 0.1) is 5.92 Å². The van der Waals surface area contributed by atoms with Crippen molar-refractivity contribution in [3.8, 4) is 0 Å². The summed E-state index contributed by atoms with van der Waals surface area (Å²) in [5.74, 6) is 0.780. The highest BCUT2D eigenvalue weighted by Crippen LogP contribution is 2.13. The van der Waals surface area contributed by atoms with Gasteiger partial charge in [-0.15, -0.1) is 0 Å². The molecule has 0 aromatic heterocycles. The zero-order valence-corrected chi connectivity index (χ0v) is 13.3. The van der Waals surface area contributed by atoms with Gasteiger partial charge in [-0.3, -0.25) is 0 Å². The first-order valence-electron chi connectivity index (χ1n) is 8.09. The van der Waals surface area contributed by atoms with Crippen molar-refractivity contribution >= 4 is 0 Å². The quantitative estimate of drug-likeness (QED) is 0.534. The highest BCUT2D eigenvalue weighted by molar-refractivity contribution is 4.70. The summed E-state index contributed by atoms with van der Waals surface area (Å²) in [7, 11) is 0. The molecule has 0 aliphatic rings. The second kappa shape index (κ2) is 12.0. The van der Waals surface area contributed by atoms with Crippen LogP contribution in [-0.2, 0) is 0 Å². The summed E-state index contributed by atoms with van der Waals surface area (Å²) >= 11 is 0. The molecule has 0 aromatic carbocycles. The van der Waals surface area contributed by atoms with Gasteiger partial charge in [0, 0.05) is 12.6 Å². The molecule has 0 saturated heterocycles. The van der Waals surface area contributed by atoms with Gasteiger partial charge in [0.1, 0.15) is 0 Å². The van der Waals surface area contributed by atoms with Crippen LogP contribution in [0.3, 0.4) is 0 Å². The number of rotatable bonds is 12. The lowest BCUT2D eigenvalue weighted by molar-refractivity contribution is 0.162. The summed E-state index contributed by atoms with van der Waals surface area (Å²) in [6, 6.07) is 0.788. The Hall–Kier alpha value is -0.0800.